The third kappa shape index (κ3) is 7.07. The van der Waals surface area contributed by atoms with Gasteiger partial charge in [0.15, 0.2) is 0 Å². The van der Waals surface area contributed by atoms with Crippen molar-refractivity contribution in [1.82, 2.24) is 19.3 Å². The molecule has 5 heteroatoms. The van der Waals surface area contributed by atoms with Crippen LogP contribution < -0.4 is 4.74 Å². The largest absolute Gasteiger partial charge is 0.457 e. The van der Waals surface area contributed by atoms with Gasteiger partial charge in [-0.2, -0.15) is 5.10 Å². The first-order valence-corrected chi connectivity index (χ1v) is 19.6. The molecule has 276 valence electrons. The predicted molar refractivity (Wildman–Crippen MR) is 222 cm³/mol. The quantitative estimate of drug-likeness (QED) is 0.155. The first-order valence-electron chi connectivity index (χ1n) is 19.6. The van der Waals surface area contributed by atoms with Gasteiger partial charge < -0.3 is 4.74 Å². The fourth-order valence-electron chi connectivity index (χ4n) is 8.90. The summed E-state index contributed by atoms with van der Waals surface area (Å²) in [6, 6.07) is 26.1. The molecule has 0 bridgehead atoms. The van der Waals surface area contributed by atoms with Gasteiger partial charge in [-0.1, -0.05) is 99.1 Å². The molecule has 0 saturated heterocycles. The minimum absolute atomic E-state index is 0.0998. The van der Waals surface area contributed by atoms with Gasteiger partial charge in [-0.15, -0.1) is 0 Å². The predicted octanol–water partition coefficient (Wildman–Crippen LogP) is 13.0. The first-order chi connectivity index (χ1) is 25.0. The second-order valence-corrected chi connectivity index (χ2v) is 18.3. The molecule has 0 N–H and O–H groups in total. The first kappa shape index (κ1) is 36.7. The Morgan fingerprint density at radius 3 is 2.25 bits per heavy atom. The SMILES string of the molecule is CC1=C[C@H](C)C[C@H](C)[C@H]1c1c(C)nn(-c2cc(Oc3ccc4c5ccccc5n(-c5cc(CC(C)C)ccn5)c4c3)cc(C(C)(C)C)c2)c1C(C)(C)C. The highest BCUT2D eigenvalue weighted by molar-refractivity contribution is 6.09. The van der Waals surface area contributed by atoms with Crippen molar-refractivity contribution in [3.05, 3.63) is 119 Å². The molecule has 3 aromatic heterocycles. The minimum Gasteiger partial charge on any atom is -0.457 e. The summed E-state index contributed by atoms with van der Waals surface area (Å²) < 4.78 is 11.4. The van der Waals surface area contributed by atoms with E-state index in [0.29, 0.717) is 23.7 Å². The Kier molecular flexibility index (Phi) is 9.45. The van der Waals surface area contributed by atoms with E-state index in [0.717, 1.165) is 46.2 Å². The number of rotatable bonds is 7. The summed E-state index contributed by atoms with van der Waals surface area (Å²) in [5.74, 6) is 4.59. The molecule has 0 amide bonds. The van der Waals surface area contributed by atoms with Crippen LogP contribution in [0.15, 0.2) is 90.6 Å². The van der Waals surface area contributed by atoms with E-state index >= 15 is 0 Å². The van der Waals surface area contributed by atoms with Gasteiger partial charge in [-0.3, -0.25) is 4.57 Å². The van der Waals surface area contributed by atoms with Gasteiger partial charge in [0.1, 0.15) is 17.3 Å². The number of nitrogens with zero attached hydrogens (tertiary/aromatic N) is 4. The number of aromatic nitrogens is 4. The van der Waals surface area contributed by atoms with Crippen molar-refractivity contribution in [1.29, 1.82) is 0 Å². The molecule has 0 unspecified atom stereocenters. The third-order valence-corrected chi connectivity index (χ3v) is 11.0. The van der Waals surface area contributed by atoms with Crippen molar-refractivity contribution in [2.75, 3.05) is 0 Å². The van der Waals surface area contributed by atoms with Crippen LogP contribution >= 0.6 is 0 Å². The zero-order valence-corrected chi connectivity index (χ0v) is 34.0. The molecular weight excluding hydrogens is 649 g/mol. The van der Waals surface area contributed by atoms with E-state index in [1.807, 2.05) is 6.20 Å². The van der Waals surface area contributed by atoms with Crippen LogP contribution in [0.3, 0.4) is 0 Å². The van der Waals surface area contributed by atoms with E-state index < -0.39 is 0 Å². The van der Waals surface area contributed by atoms with Crippen LogP contribution in [0.25, 0.3) is 33.3 Å². The highest BCUT2D eigenvalue weighted by atomic mass is 16.5. The van der Waals surface area contributed by atoms with Gasteiger partial charge in [0.25, 0.3) is 0 Å². The van der Waals surface area contributed by atoms with Crippen LogP contribution in [0.1, 0.15) is 117 Å². The molecule has 7 rings (SSSR count). The lowest BCUT2D eigenvalue weighted by Gasteiger charge is -2.34. The number of ether oxygens (including phenoxy) is 1. The molecule has 1 aliphatic carbocycles. The standard InChI is InChI=1S/C48H58N4O/c1-29(2)21-34-19-20-49-43(24-34)51-41-16-14-13-15-39(41)40-18-17-37(28-42(40)51)53-38-26-35(47(7,8)9)25-36(27-38)52-46(48(10,11)12)45(33(6)50-52)44-31(4)22-30(3)23-32(44)5/h13-20,22,24-30,32,44H,21,23H2,1-12H3/t30-,32-,44-/m0/s1. The second-order valence-electron chi connectivity index (χ2n) is 18.3. The van der Waals surface area contributed by atoms with Gasteiger partial charge in [0.2, 0.25) is 0 Å². The van der Waals surface area contributed by atoms with E-state index in [9.17, 15) is 0 Å². The van der Waals surface area contributed by atoms with Crippen molar-refractivity contribution in [2.24, 2.45) is 17.8 Å². The van der Waals surface area contributed by atoms with Gasteiger partial charge in [-0.25, -0.2) is 9.67 Å². The highest BCUT2D eigenvalue weighted by Gasteiger charge is 2.36. The fraction of sp³-hybridized carbons (Fsp3) is 0.417. The maximum absolute atomic E-state index is 6.89. The summed E-state index contributed by atoms with van der Waals surface area (Å²) in [5.41, 5.74) is 10.8. The smallest absolute Gasteiger partial charge is 0.137 e. The van der Waals surface area contributed by atoms with Gasteiger partial charge in [0.05, 0.1) is 28.1 Å². The van der Waals surface area contributed by atoms with Crippen molar-refractivity contribution in [2.45, 2.75) is 113 Å². The molecule has 1 aliphatic rings. The topological polar surface area (TPSA) is 44.9 Å². The fourth-order valence-corrected chi connectivity index (χ4v) is 8.90. The summed E-state index contributed by atoms with van der Waals surface area (Å²) in [5, 5.41) is 7.72. The molecule has 0 radical (unpaired) electrons. The average Bonchev–Trinajstić information content (AvgIpc) is 3.58. The summed E-state index contributed by atoms with van der Waals surface area (Å²) >= 11 is 0. The van der Waals surface area contributed by atoms with Crippen LogP contribution in [0.4, 0.5) is 0 Å². The molecule has 53 heavy (non-hydrogen) atoms. The second kappa shape index (κ2) is 13.6. The maximum Gasteiger partial charge on any atom is 0.137 e. The summed E-state index contributed by atoms with van der Waals surface area (Å²) in [6.07, 6.45) is 6.62. The van der Waals surface area contributed by atoms with E-state index in [4.69, 9.17) is 14.8 Å². The van der Waals surface area contributed by atoms with Crippen LogP contribution in [0.5, 0.6) is 11.5 Å². The van der Waals surface area contributed by atoms with Crippen molar-refractivity contribution < 1.29 is 4.74 Å². The molecule has 0 spiro atoms. The number of benzene rings is 3. The highest BCUT2D eigenvalue weighted by Crippen LogP contribution is 2.46. The molecule has 0 saturated carbocycles. The summed E-state index contributed by atoms with van der Waals surface area (Å²) in [6.45, 7) is 27.6. The van der Waals surface area contributed by atoms with Crippen LogP contribution in [-0.4, -0.2) is 19.3 Å². The van der Waals surface area contributed by atoms with Crippen LogP contribution in [0.2, 0.25) is 0 Å². The Balaban J connectivity index is 1.37. The molecule has 6 aromatic rings. The molecule has 0 aliphatic heterocycles. The molecule has 3 atom stereocenters. The zero-order chi connectivity index (χ0) is 38.0. The third-order valence-electron chi connectivity index (χ3n) is 11.0. The summed E-state index contributed by atoms with van der Waals surface area (Å²) in [7, 11) is 0. The van der Waals surface area contributed by atoms with E-state index in [1.54, 1.807) is 0 Å². The Hall–Kier alpha value is -4.64. The number of para-hydroxylation sites is 1. The number of hydrogen-bond acceptors (Lipinski definition) is 3. The van der Waals surface area contributed by atoms with E-state index in [2.05, 4.69) is 171 Å². The van der Waals surface area contributed by atoms with E-state index in [1.165, 1.54) is 45.2 Å². The van der Waals surface area contributed by atoms with Gasteiger partial charge in [0, 0.05) is 46.0 Å². The average molecular weight is 707 g/mol. The Bertz CT molecular complexity index is 2340. The van der Waals surface area contributed by atoms with Crippen molar-refractivity contribution in [3.63, 3.8) is 0 Å². The van der Waals surface area contributed by atoms with Crippen LogP contribution in [0, 0.1) is 24.7 Å². The van der Waals surface area contributed by atoms with E-state index in [-0.39, 0.29) is 10.8 Å². The lowest BCUT2D eigenvalue weighted by atomic mass is 9.70. The summed E-state index contributed by atoms with van der Waals surface area (Å²) in [4.78, 5) is 4.88. The Morgan fingerprint density at radius 1 is 0.811 bits per heavy atom. The van der Waals surface area contributed by atoms with Crippen molar-refractivity contribution in [3.8, 4) is 23.0 Å². The number of aryl methyl sites for hydroxylation is 1. The number of fused-ring (bicyclic) bond motifs is 3. The lowest BCUT2D eigenvalue weighted by Crippen LogP contribution is -2.25. The molecule has 3 heterocycles. The number of pyridine rings is 1. The van der Waals surface area contributed by atoms with Gasteiger partial charge >= 0.3 is 0 Å². The molecular formula is C48H58N4O. The van der Waals surface area contributed by atoms with Gasteiger partial charge in [-0.05, 0) is 103 Å². The zero-order valence-electron chi connectivity index (χ0n) is 34.0. The maximum atomic E-state index is 6.89. The number of allylic oxidation sites excluding steroid dienone is 2. The van der Waals surface area contributed by atoms with Crippen LogP contribution in [-0.2, 0) is 17.3 Å². The molecule has 3 aromatic carbocycles. The Labute approximate surface area is 317 Å². The molecule has 0 fully saturated rings. The van der Waals surface area contributed by atoms with Crippen molar-refractivity contribution >= 4 is 21.8 Å². The monoisotopic (exact) mass is 706 g/mol. The minimum atomic E-state index is -0.128. The lowest BCUT2D eigenvalue weighted by molar-refractivity contribution is 0.385. The normalized spacial score (nSPS) is 18.3. The molecule has 5 nitrogen and oxygen atoms in total. The Morgan fingerprint density at radius 2 is 1.55 bits per heavy atom. The number of hydrogen-bond donors (Lipinski definition) is 0.